The number of hydrogen-bond acceptors (Lipinski definition) is 8. The molecule has 26 N–H and O–H groups in total. The van der Waals surface area contributed by atoms with Crippen LogP contribution in [0.1, 0.15) is 0 Å². The van der Waals surface area contributed by atoms with E-state index in [-0.39, 0.29) is 106 Å². The van der Waals surface area contributed by atoms with Crippen molar-refractivity contribution in [3.05, 3.63) is 0 Å². The zero-order valence-corrected chi connectivity index (χ0v) is 22.8. The first kappa shape index (κ1) is 59.1. The summed E-state index contributed by atoms with van der Waals surface area (Å²) in [4.78, 5) is 19.8. The molecule has 21 heteroatoms. The molecule has 8 heterocycles. The molecule has 0 saturated carbocycles. The van der Waals surface area contributed by atoms with Crippen molar-refractivity contribution in [1.82, 2.24) is 39.2 Å². The zero-order valence-electron chi connectivity index (χ0n) is 18.6. The fourth-order valence-electron chi connectivity index (χ4n) is 4.47. The monoisotopic (exact) mass is 683 g/mol. The van der Waals surface area contributed by atoms with Crippen molar-refractivity contribution in [2.24, 2.45) is 0 Å². The van der Waals surface area contributed by atoms with Gasteiger partial charge in [-0.25, -0.2) is 0 Å². The van der Waals surface area contributed by atoms with E-state index in [1.165, 1.54) is 80.0 Å². The summed E-state index contributed by atoms with van der Waals surface area (Å²) in [6.45, 7) is 14.2. The summed E-state index contributed by atoms with van der Waals surface area (Å²) in [7, 11) is 0. The molecule has 0 aliphatic carbocycles. The van der Waals surface area contributed by atoms with E-state index < -0.39 is 0 Å². The predicted molar refractivity (Wildman–Crippen MR) is 117 cm³/mol. The van der Waals surface area contributed by atoms with Crippen LogP contribution in [0.2, 0.25) is 0 Å². The molecule has 8 saturated heterocycles. The van der Waals surface area contributed by atoms with E-state index in [1.54, 1.807) is 0 Å². The third kappa shape index (κ3) is 13.0. The van der Waals surface area contributed by atoms with Crippen LogP contribution < -0.4 is 34.0 Å². The largest absolute Gasteiger partial charge is 2.00 e. The summed E-state index contributed by atoms with van der Waals surface area (Å²) in [5.41, 5.74) is 0. The van der Waals surface area contributed by atoms with E-state index in [1.807, 2.05) is 0 Å². The van der Waals surface area contributed by atoms with Gasteiger partial charge < -0.3 is 88.7 Å². The average Bonchev–Trinajstić information content (AvgIpc) is 2.35. The van der Waals surface area contributed by atoms with E-state index in [2.05, 4.69) is 39.2 Å². The molecule has 0 atom stereocenters. The second kappa shape index (κ2) is 24.4. The van der Waals surface area contributed by atoms with Gasteiger partial charge in [-0.1, -0.05) is 0 Å². The van der Waals surface area contributed by atoms with Crippen molar-refractivity contribution in [1.29, 1.82) is 0 Å². The summed E-state index contributed by atoms with van der Waals surface area (Å²) in [6.07, 6.45) is 0. The molecule has 33 heavy (non-hydrogen) atoms. The zero-order chi connectivity index (χ0) is 13.1. The SMILES string of the molecule is C1N2CN3CN1CN(C2)C3.C1N2CN3CN1CN(C2)C3.O.O.O.O.[Br-].[Br-].[Co+2].[OH3+].[OH3+].[OH3+].[OH3+].[OH3+].[OH3+]. The van der Waals surface area contributed by atoms with Gasteiger partial charge in [0.15, 0.2) is 0 Å². The molecule has 0 amide bonds. The van der Waals surface area contributed by atoms with Crippen LogP contribution >= 0.6 is 0 Å². The summed E-state index contributed by atoms with van der Waals surface area (Å²) >= 11 is 0. The average molecular weight is 685 g/mol. The molecule has 0 aromatic heterocycles. The quantitative estimate of drug-likeness (QED) is 0.220. The maximum absolute atomic E-state index is 2.47. The Balaban J connectivity index is -0.0000000358. The van der Waals surface area contributed by atoms with Crippen molar-refractivity contribution >= 4 is 0 Å². The molecule has 1 radical (unpaired) electrons. The van der Waals surface area contributed by atoms with Crippen LogP contribution in [0.4, 0.5) is 0 Å². The Kier molecular flexibility index (Phi) is 43.8. The minimum atomic E-state index is 0. The van der Waals surface area contributed by atoms with E-state index in [9.17, 15) is 0 Å². The van der Waals surface area contributed by atoms with Crippen LogP contribution in [0.3, 0.4) is 0 Å². The van der Waals surface area contributed by atoms with Crippen LogP contribution in [0.25, 0.3) is 0 Å². The minimum absolute atomic E-state index is 0. The van der Waals surface area contributed by atoms with Crippen LogP contribution in [-0.2, 0) is 49.6 Å². The van der Waals surface area contributed by atoms with Crippen LogP contribution in [0.15, 0.2) is 0 Å². The fraction of sp³-hybridized carbons (Fsp3) is 1.00. The number of halogens is 2. The molecule has 8 fully saturated rings. The van der Waals surface area contributed by atoms with Crippen molar-refractivity contribution < 1.29 is 106 Å². The first-order valence-corrected chi connectivity index (χ1v) is 7.59. The van der Waals surface area contributed by atoms with Crippen molar-refractivity contribution in [3.8, 4) is 0 Å². The normalized spacial score (nSPS) is 34.9. The van der Waals surface area contributed by atoms with E-state index >= 15 is 0 Å². The molecule has 0 unspecified atom stereocenters. The van der Waals surface area contributed by atoms with Gasteiger partial charge in [0.1, 0.15) is 0 Å². The molecule has 8 rings (SSSR count). The Bertz CT molecular complexity index is 283. The Morgan fingerprint density at radius 3 is 0.364 bits per heavy atom. The van der Waals surface area contributed by atoms with Gasteiger partial charge in [-0.15, -0.1) is 0 Å². The number of nitrogens with zero attached hydrogens (tertiary/aromatic N) is 8. The predicted octanol–water partition coefficient (Wildman–Crippen LogP) is -16.9. The minimum Gasteiger partial charge on any atom is -1.00 e. The second-order valence-corrected chi connectivity index (χ2v) is 7.06. The van der Waals surface area contributed by atoms with Gasteiger partial charge in [-0.3, -0.25) is 39.2 Å². The molecule has 8 aliphatic rings. The Labute approximate surface area is 224 Å². The van der Waals surface area contributed by atoms with Crippen LogP contribution in [0.5, 0.6) is 0 Å². The molecule has 0 spiro atoms. The third-order valence-electron chi connectivity index (χ3n) is 4.80. The van der Waals surface area contributed by atoms with E-state index in [4.69, 9.17) is 0 Å². The van der Waals surface area contributed by atoms with Crippen molar-refractivity contribution in [2.45, 2.75) is 0 Å². The second-order valence-electron chi connectivity index (χ2n) is 7.06. The molecule has 215 valence electrons. The Morgan fingerprint density at radius 2 is 0.303 bits per heavy atom. The van der Waals surface area contributed by atoms with Crippen molar-refractivity contribution in [2.75, 3.05) is 80.0 Å². The molecular formula is C12H50Br2CoN8O10+6. The molecule has 8 bridgehead atoms. The van der Waals surface area contributed by atoms with Crippen LogP contribution in [0, 0.1) is 0 Å². The van der Waals surface area contributed by atoms with Crippen LogP contribution in [-0.4, -0.2) is 141 Å². The standard InChI is InChI=1S/2C6H12N4.2BrH.Co.10H2O/c2*1-7-2-9-4-8(1)5-10(3-7)6-9;;;;;;;;;;;;;/h2*1-6H2;2*1H;;10*1H2/q;;;;+2;;;;;;;;;;/p+4. The van der Waals surface area contributed by atoms with Gasteiger partial charge in [0.2, 0.25) is 0 Å². The Hall–Kier alpha value is 0.746. The fourth-order valence-corrected chi connectivity index (χ4v) is 4.47. The Morgan fingerprint density at radius 1 is 0.242 bits per heavy atom. The number of rotatable bonds is 0. The maximum atomic E-state index is 2.47. The van der Waals surface area contributed by atoms with Gasteiger partial charge in [0, 0.05) is 0 Å². The van der Waals surface area contributed by atoms with E-state index in [0.717, 1.165) is 0 Å². The first-order chi connectivity index (χ1) is 9.80. The van der Waals surface area contributed by atoms with Gasteiger partial charge in [0.05, 0.1) is 80.0 Å². The summed E-state index contributed by atoms with van der Waals surface area (Å²) < 4.78 is 0. The third-order valence-corrected chi connectivity index (χ3v) is 4.80. The molecule has 8 aliphatic heterocycles. The molecule has 0 aromatic carbocycles. The summed E-state index contributed by atoms with van der Waals surface area (Å²) in [6, 6.07) is 0. The summed E-state index contributed by atoms with van der Waals surface area (Å²) in [5, 5.41) is 0. The first-order valence-electron chi connectivity index (χ1n) is 7.59. The van der Waals surface area contributed by atoms with Gasteiger partial charge in [-0.05, 0) is 0 Å². The van der Waals surface area contributed by atoms with Gasteiger partial charge in [0.25, 0.3) is 0 Å². The van der Waals surface area contributed by atoms with Gasteiger partial charge in [-0.2, -0.15) is 0 Å². The topological polar surface area (TPSA) is 350 Å². The van der Waals surface area contributed by atoms with Gasteiger partial charge >= 0.3 is 16.8 Å². The smallest absolute Gasteiger partial charge is 1.00 e. The summed E-state index contributed by atoms with van der Waals surface area (Å²) in [5.74, 6) is 0. The van der Waals surface area contributed by atoms with E-state index in [0.29, 0.717) is 0 Å². The molecule has 18 nitrogen and oxygen atoms in total. The molecule has 0 aromatic rings. The van der Waals surface area contributed by atoms with Crippen molar-refractivity contribution in [3.63, 3.8) is 0 Å². The maximum Gasteiger partial charge on any atom is 2.00 e. The number of hydrogen-bond donors (Lipinski definition) is 0. The molecular weight excluding hydrogens is 635 g/mol.